The van der Waals surface area contributed by atoms with Crippen molar-refractivity contribution in [2.45, 2.75) is 101 Å². The molecule has 0 spiro atoms. The van der Waals surface area contributed by atoms with E-state index in [0.29, 0.717) is 24.4 Å². The molecule has 0 aromatic heterocycles. The summed E-state index contributed by atoms with van der Waals surface area (Å²) in [5.74, 6) is 2.43. The molecule has 4 aliphatic carbocycles. The highest BCUT2D eigenvalue weighted by molar-refractivity contribution is 6.30. The number of urea groups is 1. The predicted molar refractivity (Wildman–Crippen MR) is 222 cm³/mol. The summed E-state index contributed by atoms with van der Waals surface area (Å²) in [7, 11) is 0. The van der Waals surface area contributed by atoms with E-state index in [1.54, 1.807) is 0 Å². The van der Waals surface area contributed by atoms with E-state index in [9.17, 15) is 15.0 Å². The summed E-state index contributed by atoms with van der Waals surface area (Å²) >= 11 is 6.13. The van der Waals surface area contributed by atoms with Crippen LogP contribution in [0.5, 0.6) is 0 Å². The van der Waals surface area contributed by atoms with Gasteiger partial charge in [0.05, 0.1) is 24.4 Å². The second-order valence-corrected chi connectivity index (χ2v) is 18.4. The minimum absolute atomic E-state index is 0.00412. The molecule has 4 saturated carbocycles. The largest absolute Gasteiger partial charge is 0.392 e. The standard InChI is InChI=1S/C48H56ClN3O5/c1-31-43(29-52-19-17-48(55,18-20-52)41-13-15-42(49)16-14-41)56-45(57-44(31)38-7-5-32(30-53)6-8-38)39-11-9-37(10-12-39)40-4-2-3-33(24-40)28-50-46(54)51-47-25-34-21-35(26-47)23-36(22-34)27-47/h2-16,24,31,34-36,43-45,53,55H,17-23,25-30H2,1H3,(H2,50,51,54). The number of hydrogen-bond acceptors (Lipinski definition) is 6. The van der Waals surface area contributed by atoms with Crippen molar-refractivity contribution in [1.82, 2.24) is 15.5 Å². The lowest BCUT2D eigenvalue weighted by Crippen LogP contribution is -2.61. The van der Waals surface area contributed by atoms with Crippen molar-refractivity contribution in [2.75, 3.05) is 19.6 Å². The summed E-state index contributed by atoms with van der Waals surface area (Å²) in [6, 6.07) is 32.4. The highest BCUT2D eigenvalue weighted by Gasteiger charge is 2.51. The number of benzene rings is 4. The Morgan fingerprint density at radius 1 is 0.807 bits per heavy atom. The molecule has 10 rings (SSSR count). The number of carbonyl (C=O) groups is 1. The number of likely N-dealkylation sites (tertiary alicyclic amines) is 1. The molecule has 2 amide bonds. The van der Waals surface area contributed by atoms with Gasteiger partial charge in [-0.3, -0.25) is 0 Å². The molecule has 6 fully saturated rings. The highest BCUT2D eigenvalue weighted by Crippen LogP contribution is 2.55. The molecule has 2 heterocycles. The van der Waals surface area contributed by atoms with Gasteiger partial charge in [0.2, 0.25) is 0 Å². The molecule has 9 heteroatoms. The quantitative estimate of drug-likeness (QED) is 0.128. The van der Waals surface area contributed by atoms with Crippen LogP contribution in [0.4, 0.5) is 4.79 Å². The normalized spacial score (nSPS) is 30.6. The number of hydrogen-bond donors (Lipinski definition) is 4. The maximum atomic E-state index is 13.2. The first-order chi connectivity index (χ1) is 27.6. The van der Waals surface area contributed by atoms with Crippen LogP contribution in [-0.2, 0) is 28.2 Å². The van der Waals surface area contributed by atoms with E-state index in [-0.39, 0.29) is 36.3 Å². The maximum Gasteiger partial charge on any atom is 0.315 e. The monoisotopic (exact) mass is 789 g/mol. The van der Waals surface area contributed by atoms with E-state index >= 15 is 0 Å². The van der Waals surface area contributed by atoms with Gasteiger partial charge >= 0.3 is 6.03 Å². The molecule has 4 unspecified atom stereocenters. The van der Waals surface area contributed by atoms with Gasteiger partial charge in [0.25, 0.3) is 0 Å². The fourth-order valence-corrected chi connectivity index (χ4v) is 11.3. The molecule has 4 bridgehead atoms. The number of rotatable bonds is 10. The lowest BCUT2D eigenvalue weighted by Gasteiger charge is -2.56. The van der Waals surface area contributed by atoms with E-state index in [1.165, 1.54) is 19.3 Å². The van der Waals surface area contributed by atoms with Gasteiger partial charge in [-0.1, -0.05) is 97.4 Å². The van der Waals surface area contributed by atoms with Crippen molar-refractivity contribution in [3.05, 3.63) is 130 Å². The number of nitrogens with zero attached hydrogens (tertiary/aromatic N) is 1. The Morgan fingerprint density at radius 2 is 1.46 bits per heavy atom. The molecule has 8 nitrogen and oxygen atoms in total. The lowest BCUT2D eigenvalue weighted by atomic mass is 9.53. The van der Waals surface area contributed by atoms with Crippen LogP contribution < -0.4 is 10.6 Å². The molecular formula is C48H56ClN3O5. The Labute approximate surface area is 341 Å². The van der Waals surface area contributed by atoms with Crippen molar-refractivity contribution in [2.24, 2.45) is 23.7 Å². The Morgan fingerprint density at radius 3 is 2.11 bits per heavy atom. The first kappa shape index (κ1) is 38.7. The first-order valence-electron chi connectivity index (χ1n) is 21.1. The van der Waals surface area contributed by atoms with Gasteiger partial charge in [-0.2, -0.15) is 0 Å². The van der Waals surface area contributed by atoms with E-state index in [1.807, 2.05) is 36.4 Å². The zero-order chi connectivity index (χ0) is 39.1. The Hall–Kier alpha value is -3.76. The van der Waals surface area contributed by atoms with Gasteiger partial charge in [0, 0.05) is 48.2 Å². The second-order valence-electron chi connectivity index (χ2n) is 18.0. The summed E-state index contributed by atoms with van der Waals surface area (Å²) < 4.78 is 13.6. The average molecular weight is 790 g/mol. The van der Waals surface area contributed by atoms with Crippen molar-refractivity contribution < 1.29 is 24.5 Å². The number of halogens is 1. The minimum Gasteiger partial charge on any atom is -0.392 e. The van der Waals surface area contributed by atoms with Crippen LogP contribution in [0.25, 0.3) is 11.1 Å². The van der Waals surface area contributed by atoms with E-state index in [0.717, 1.165) is 95.6 Å². The SMILES string of the molecule is CC1C(CN2CCC(O)(c3ccc(Cl)cc3)CC2)OC(c2ccc(-c3cccc(CNC(=O)NC45CC6CC(CC(C6)C4)C5)c3)cc2)OC1c1ccc(CO)cc1. The van der Waals surface area contributed by atoms with Crippen LogP contribution in [0.3, 0.4) is 0 Å². The van der Waals surface area contributed by atoms with E-state index < -0.39 is 11.9 Å². The van der Waals surface area contributed by atoms with Gasteiger partial charge in [0.15, 0.2) is 6.29 Å². The molecule has 0 radical (unpaired) electrons. The predicted octanol–water partition coefficient (Wildman–Crippen LogP) is 9.04. The molecule has 6 aliphatic rings. The summed E-state index contributed by atoms with van der Waals surface area (Å²) in [4.78, 5) is 15.6. The van der Waals surface area contributed by atoms with Crippen LogP contribution in [0.15, 0.2) is 97.1 Å². The number of amides is 2. The number of carbonyl (C=O) groups excluding carboxylic acids is 1. The van der Waals surface area contributed by atoms with Crippen molar-refractivity contribution in [3.63, 3.8) is 0 Å². The summed E-state index contributed by atoms with van der Waals surface area (Å²) in [5, 5.41) is 28.5. The lowest BCUT2D eigenvalue weighted by molar-refractivity contribution is -0.277. The Balaban J connectivity index is 0.862. The molecule has 4 aromatic carbocycles. The topological polar surface area (TPSA) is 103 Å². The smallest absolute Gasteiger partial charge is 0.315 e. The van der Waals surface area contributed by atoms with Crippen LogP contribution in [0.1, 0.15) is 98.5 Å². The Bertz CT molecular complexity index is 1980. The molecular weight excluding hydrogens is 734 g/mol. The molecule has 4 aromatic rings. The average Bonchev–Trinajstić information content (AvgIpc) is 3.21. The minimum atomic E-state index is -0.872. The van der Waals surface area contributed by atoms with E-state index in [4.69, 9.17) is 21.1 Å². The zero-order valence-electron chi connectivity index (χ0n) is 32.9. The van der Waals surface area contributed by atoms with Crippen LogP contribution >= 0.6 is 11.6 Å². The number of piperidine rings is 1. The Kier molecular flexibility index (Phi) is 11.0. The molecule has 57 heavy (non-hydrogen) atoms. The number of ether oxygens (including phenoxy) is 2. The van der Waals surface area contributed by atoms with Crippen molar-refractivity contribution in [1.29, 1.82) is 0 Å². The van der Waals surface area contributed by atoms with E-state index in [2.05, 4.69) is 83.1 Å². The van der Waals surface area contributed by atoms with Crippen molar-refractivity contribution >= 4 is 17.6 Å². The van der Waals surface area contributed by atoms with Gasteiger partial charge < -0.3 is 35.2 Å². The molecule has 4 atom stereocenters. The molecule has 2 aliphatic heterocycles. The summed E-state index contributed by atoms with van der Waals surface area (Å²) in [5.41, 5.74) is 6.14. The summed E-state index contributed by atoms with van der Waals surface area (Å²) in [6.07, 6.45) is 7.88. The zero-order valence-corrected chi connectivity index (χ0v) is 33.7. The fourth-order valence-electron chi connectivity index (χ4n) is 11.2. The fraction of sp³-hybridized carbons (Fsp3) is 0.479. The van der Waals surface area contributed by atoms with Gasteiger partial charge in [-0.15, -0.1) is 0 Å². The third-order valence-electron chi connectivity index (χ3n) is 13.9. The third kappa shape index (κ3) is 8.41. The van der Waals surface area contributed by atoms with Crippen LogP contribution in [0, 0.1) is 23.7 Å². The molecule has 4 N–H and O–H groups in total. The number of aliphatic hydroxyl groups is 2. The molecule has 2 saturated heterocycles. The van der Waals surface area contributed by atoms with Gasteiger partial charge in [-0.25, -0.2) is 4.79 Å². The first-order valence-corrected chi connectivity index (χ1v) is 21.5. The van der Waals surface area contributed by atoms with Crippen molar-refractivity contribution in [3.8, 4) is 11.1 Å². The number of nitrogens with one attached hydrogen (secondary N) is 2. The molecule has 300 valence electrons. The maximum absolute atomic E-state index is 13.2. The summed E-state index contributed by atoms with van der Waals surface area (Å²) in [6.45, 7) is 4.90. The van der Waals surface area contributed by atoms with Gasteiger partial charge in [0.1, 0.15) is 0 Å². The van der Waals surface area contributed by atoms with Crippen LogP contribution in [0.2, 0.25) is 5.02 Å². The third-order valence-corrected chi connectivity index (χ3v) is 14.2. The van der Waals surface area contributed by atoms with Crippen LogP contribution in [-0.4, -0.2) is 52.4 Å². The second kappa shape index (κ2) is 16.1. The number of aliphatic hydroxyl groups excluding tert-OH is 1. The van der Waals surface area contributed by atoms with Gasteiger partial charge in [-0.05, 0) is 121 Å². The highest BCUT2D eigenvalue weighted by atomic mass is 35.5.